The van der Waals surface area contributed by atoms with Gasteiger partial charge in [-0.1, -0.05) is 17.7 Å². The Hall–Kier alpha value is -2.14. The third-order valence-electron chi connectivity index (χ3n) is 2.10. The minimum atomic E-state index is -0.414. The largest absolute Gasteiger partial charge is 0.326 e. The average Bonchev–Trinajstić information content (AvgIpc) is 2.28. The molecule has 2 aromatic rings. The van der Waals surface area contributed by atoms with E-state index < -0.39 is 6.03 Å². The second kappa shape index (κ2) is 5.46. The van der Waals surface area contributed by atoms with Gasteiger partial charge in [-0.25, -0.2) is 14.8 Å². The Bertz CT molecular complexity index is 524. The van der Waals surface area contributed by atoms with Gasteiger partial charge in [-0.05, 0) is 31.2 Å². The molecule has 0 radical (unpaired) electrons. The summed E-state index contributed by atoms with van der Waals surface area (Å²) in [6.07, 6.45) is 1.58. The van der Waals surface area contributed by atoms with Crippen LogP contribution in [0, 0.1) is 6.92 Å². The van der Waals surface area contributed by atoms with Gasteiger partial charge in [0.1, 0.15) is 0 Å². The van der Waals surface area contributed by atoms with Gasteiger partial charge in [-0.2, -0.15) is 0 Å². The topological polar surface area (TPSA) is 66.9 Å². The van der Waals surface area contributed by atoms with Gasteiger partial charge in [0.2, 0.25) is 5.95 Å². The summed E-state index contributed by atoms with van der Waals surface area (Å²) in [4.78, 5) is 19.7. The number of anilines is 2. The number of rotatable bonds is 2. The molecule has 1 heterocycles. The molecular weight excluding hydrogens is 252 g/mol. The molecule has 92 valence electrons. The van der Waals surface area contributed by atoms with Crippen molar-refractivity contribution in [2.45, 2.75) is 6.92 Å². The van der Waals surface area contributed by atoms with Gasteiger partial charge in [0, 0.05) is 22.6 Å². The molecule has 0 aliphatic heterocycles. The summed E-state index contributed by atoms with van der Waals surface area (Å²) in [7, 11) is 0. The highest BCUT2D eigenvalue weighted by Crippen LogP contribution is 2.14. The standard InChI is InChI=1S/C12H11ClN4O/c1-8-5-6-14-11(15-8)17-12(18)16-10-4-2-3-9(13)7-10/h2-7H,1H3,(H2,14,15,16,17,18). The molecule has 1 aromatic heterocycles. The molecule has 0 spiro atoms. The zero-order valence-electron chi connectivity index (χ0n) is 9.64. The molecule has 1 aromatic carbocycles. The maximum atomic E-state index is 11.7. The molecule has 2 rings (SSSR count). The van der Waals surface area contributed by atoms with Crippen molar-refractivity contribution in [3.63, 3.8) is 0 Å². The normalized spacial score (nSPS) is 9.89. The molecule has 0 saturated carbocycles. The molecule has 0 atom stereocenters. The summed E-state index contributed by atoms with van der Waals surface area (Å²) in [5.41, 5.74) is 1.38. The Morgan fingerprint density at radius 2 is 2.11 bits per heavy atom. The van der Waals surface area contributed by atoms with Crippen LogP contribution in [0.1, 0.15) is 5.69 Å². The lowest BCUT2D eigenvalue weighted by Gasteiger charge is -2.06. The third kappa shape index (κ3) is 3.43. The number of carbonyl (C=O) groups excluding carboxylic acids is 1. The molecule has 0 unspecified atom stereocenters. The number of nitrogens with one attached hydrogen (secondary N) is 2. The Kier molecular flexibility index (Phi) is 3.74. The Labute approximate surface area is 109 Å². The number of halogens is 1. The molecule has 2 N–H and O–H groups in total. The molecule has 0 saturated heterocycles. The fraction of sp³-hybridized carbons (Fsp3) is 0.0833. The van der Waals surface area contributed by atoms with Gasteiger partial charge in [0.25, 0.3) is 0 Å². The van der Waals surface area contributed by atoms with Crippen LogP contribution < -0.4 is 10.6 Å². The summed E-state index contributed by atoms with van der Waals surface area (Å²) in [5, 5.41) is 5.73. The van der Waals surface area contributed by atoms with Crippen molar-refractivity contribution in [3.05, 3.63) is 47.2 Å². The van der Waals surface area contributed by atoms with Crippen LogP contribution in [0.3, 0.4) is 0 Å². The molecule has 18 heavy (non-hydrogen) atoms. The van der Waals surface area contributed by atoms with Crippen LogP contribution in [0.25, 0.3) is 0 Å². The van der Waals surface area contributed by atoms with E-state index in [0.29, 0.717) is 10.7 Å². The van der Waals surface area contributed by atoms with Crippen LogP contribution in [0.15, 0.2) is 36.5 Å². The molecular formula is C12H11ClN4O. The monoisotopic (exact) mass is 262 g/mol. The van der Waals surface area contributed by atoms with Gasteiger partial charge in [-0.3, -0.25) is 5.32 Å². The van der Waals surface area contributed by atoms with E-state index in [1.54, 1.807) is 36.5 Å². The highest BCUT2D eigenvalue weighted by molar-refractivity contribution is 6.30. The van der Waals surface area contributed by atoms with Gasteiger partial charge < -0.3 is 5.32 Å². The smallest absolute Gasteiger partial charge is 0.308 e. The highest BCUT2D eigenvalue weighted by atomic mass is 35.5. The lowest BCUT2D eigenvalue weighted by Crippen LogP contribution is -2.20. The summed E-state index contributed by atoms with van der Waals surface area (Å²) < 4.78 is 0. The SMILES string of the molecule is Cc1ccnc(NC(=O)Nc2cccc(Cl)c2)n1. The number of hydrogen-bond acceptors (Lipinski definition) is 3. The van der Waals surface area contributed by atoms with Crippen LogP contribution >= 0.6 is 11.6 Å². The summed E-state index contributed by atoms with van der Waals surface area (Å²) >= 11 is 5.81. The van der Waals surface area contributed by atoms with Crippen molar-refractivity contribution >= 4 is 29.3 Å². The van der Waals surface area contributed by atoms with Crippen LogP contribution in [-0.2, 0) is 0 Å². The molecule has 6 heteroatoms. The first-order valence-electron chi connectivity index (χ1n) is 5.27. The van der Waals surface area contributed by atoms with Gasteiger partial charge in [0.05, 0.1) is 0 Å². The lowest BCUT2D eigenvalue weighted by molar-refractivity contribution is 0.262. The lowest BCUT2D eigenvalue weighted by atomic mass is 10.3. The van der Waals surface area contributed by atoms with Crippen LogP contribution in [-0.4, -0.2) is 16.0 Å². The fourth-order valence-corrected chi connectivity index (χ4v) is 1.53. The third-order valence-corrected chi connectivity index (χ3v) is 2.34. The van der Waals surface area contributed by atoms with E-state index in [-0.39, 0.29) is 5.95 Å². The van der Waals surface area contributed by atoms with E-state index in [9.17, 15) is 4.79 Å². The number of aromatic nitrogens is 2. The van der Waals surface area contributed by atoms with Gasteiger partial charge >= 0.3 is 6.03 Å². The van der Waals surface area contributed by atoms with E-state index >= 15 is 0 Å². The first-order valence-corrected chi connectivity index (χ1v) is 5.64. The van der Waals surface area contributed by atoms with Gasteiger partial charge in [0.15, 0.2) is 0 Å². The van der Waals surface area contributed by atoms with Crippen molar-refractivity contribution in [2.24, 2.45) is 0 Å². The van der Waals surface area contributed by atoms with Crippen molar-refractivity contribution in [2.75, 3.05) is 10.6 Å². The van der Waals surface area contributed by atoms with E-state index in [0.717, 1.165) is 5.69 Å². The Balaban J connectivity index is 2.01. The average molecular weight is 263 g/mol. The number of nitrogens with zero attached hydrogens (tertiary/aromatic N) is 2. The Morgan fingerprint density at radius 3 is 2.83 bits per heavy atom. The fourth-order valence-electron chi connectivity index (χ4n) is 1.34. The maximum Gasteiger partial charge on any atom is 0.326 e. The molecule has 0 bridgehead atoms. The van der Waals surface area contributed by atoms with Crippen molar-refractivity contribution in [1.29, 1.82) is 0 Å². The number of urea groups is 1. The van der Waals surface area contributed by atoms with Crippen LogP contribution in [0.5, 0.6) is 0 Å². The summed E-state index contributed by atoms with van der Waals surface area (Å²) in [6, 6.07) is 8.21. The zero-order valence-corrected chi connectivity index (χ0v) is 10.4. The molecule has 2 amide bonds. The second-order valence-electron chi connectivity index (χ2n) is 3.61. The highest BCUT2D eigenvalue weighted by Gasteiger charge is 2.04. The van der Waals surface area contributed by atoms with Crippen molar-refractivity contribution in [1.82, 2.24) is 9.97 Å². The van der Waals surface area contributed by atoms with E-state index in [4.69, 9.17) is 11.6 Å². The van der Waals surface area contributed by atoms with Gasteiger partial charge in [-0.15, -0.1) is 0 Å². The quantitative estimate of drug-likeness (QED) is 0.874. The maximum absolute atomic E-state index is 11.7. The zero-order chi connectivity index (χ0) is 13.0. The van der Waals surface area contributed by atoms with Crippen molar-refractivity contribution in [3.8, 4) is 0 Å². The molecule has 0 fully saturated rings. The predicted octanol–water partition coefficient (Wildman–Crippen LogP) is 3.08. The minimum Gasteiger partial charge on any atom is -0.308 e. The Morgan fingerprint density at radius 1 is 1.28 bits per heavy atom. The molecule has 5 nitrogen and oxygen atoms in total. The predicted molar refractivity (Wildman–Crippen MR) is 70.9 cm³/mol. The number of amides is 2. The number of benzene rings is 1. The summed E-state index contributed by atoms with van der Waals surface area (Å²) in [6.45, 7) is 1.82. The minimum absolute atomic E-state index is 0.259. The first kappa shape index (κ1) is 12.3. The van der Waals surface area contributed by atoms with E-state index in [1.807, 2.05) is 6.92 Å². The first-order chi connectivity index (χ1) is 8.63. The second-order valence-corrected chi connectivity index (χ2v) is 4.05. The molecule has 0 aliphatic carbocycles. The number of aryl methyl sites for hydroxylation is 1. The van der Waals surface area contributed by atoms with Crippen molar-refractivity contribution < 1.29 is 4.79 Å². The van der Waals surface area contributed by atoms with E-state index in [1.165, 1.54) is 0 Å². The number of hydrogen-bond donors (Lipinski definition) is 2. The number of carbonyl (C=O) groups is 1. The molecule has 0 aliphatic rings. The van der Waals surface area contributed by atoms with Crippen LogP contribution in [0.2, 0.25) is 5.02 Å². The summed E-state index contributed by atoms with van der Waals surface area (Å²) in [5.74, 6) is 0.259. The van der Waals surface area contributed by atoms with E-state index in [2.05, 4.69) is 20.6 Å². The van der Waals surface area contributed by atoms with Crippen LogP contribution in [0.4, 0.5) is 16.4 Å².